The van der Waals surface area contributed by atoms with Crippen LogP contribution in [0.2, 0.25) is 0 Å². The van der Waals surface area contributed by atoms with Gasteiger partial charge in [0.1, 0.15) is 5.75 Å². The number of carbonyl (C=O) groups excluding carboxylic acids is 1. The maximum Gasteiger partial charge on any atom is 0.258 e. The first-order valence-corrected chi connectivity index (χ1v) is 9.04. The maximum absolute atomic E-state index is 11.9. The third-order valence-electron chi connectivity index (χ3n) is 3.17. The number of carbonyl (C=O) groups is 1. The number of ether oxygens (including phenoxy) is 1. The zero-order chi connectivity index (χ0) is 18.2. The molecular weight excluding hydrogens is 370 g/mol. The minimum atomic E-state index is -0.253. The van der Waals surface area contributed by atoms with E-state index in [9.17, 15) is 4.79 Å². The van der Waals surface area contributed by atoms with Crippen LogP contribution in [0.1, 0.15) is 32.8 Å². The van der Waals surface area contributed by atoms with Crippen LogP contribution in [0.3, 0.4) is 0 Å². The third kappa shape index (κ3) is 9.25. The van der Waals surface area contributed by atoms with E-state index in [4.69, 9.17) is 4.74 Å². The molecule has 0 bridgehead atoms. The summed E-state index contributed by atoms with van der Waals surface area (Å²) in [4.78, 5) is 14.1. The Morgan fingerprint density at radius 1 is 1.29 bits per heavy atom. The van der Waals surface area contributed by atoms with Gasteiger partial charge in [-0.05, 0) is 72.6 Å². The molecule has 6 heteroatoms. The summed E-state index contributed by atoms with van der Waals surface area (Å²) in [5.74, 6) is 0.623. The zero-order valence-corrected chi connectivity index (χ0v) is 17.0. The SMILES string of the molecule is CN(C)CCCNCc1cc(Br)ccc1OCC(=O)NC(C)(C)C. The van der Waals surface area contributed by atoms with Crippen molar-refractivity contribution in [3.8, 4) is 5.75 Å². The predicted molar refractivity (Wildman–Crippen MR) is 102 cm³/mol. The van der Waals surface area contributed by atoms with Crippen LogP contribution in [0.4, 0.5) is 0 Å². The average molecular weight is 400 g/mol. The van der Waals surface area contributed by atoms with Gasteiger partial charge in [0.25, 0.3) is 5.91 Å². The van der Waals surface area contributed by atoms with E-state index in [0.717, 1.165) is 35.3 Å². The van der Waals surface area contributed by atoms with Gasteiger partial charge >= 0.3 is 0 Å². The van der Waals surface area contributed by atoms with Crippen LogP contribution in [0.15, 0.2) is 22.7 Å². The van der Waals surface area contributed by atoms with Gasteiger partial charge in [-0.2, -0.15) is 0 Å². The Labute approximate surface area is 154 Å². The Kier molecular flexibility index (Phi) is 8.73. The van der Waals surface area contributed by atoms with Crippen LogP contribution in [0.5, 0.6) is 5.75 Å². The fraction of sp³-hybridized carbons (Fsp3) is 0.611. The molecule has 1 rings (SSSR count). The van der Waals surface area contributed by atoms with Crippen LogP contribution in [-0.4, -0.2) is 50.1 Å². The number of amides is 1. The number of hydrogen-bond donors (Lipinski definition) is 2. The number of nitrogens with zero attached hydrogens (tertiary/aromatic N) is 1. The lowest BCUT2D eigenvalue weighted by molar-refractivity contribution is -0.124. The van der Waals surface area contributed by atoms with Gasteiger partial charge in [-0.15, -0.1) is 0 Å². The van der Waals surface area contributed by atoms with Crippen LogP contribution in [0, 0.1) is 0 Å². The molecular formula is C18H30BrN3O2. The van der Waals surface area contributed by atoms with Gasteiger partial charge in [0, 0.05) is 22.1 Å². The van der Waals surface area contributed by atoms with Crippen LogP contribution < -0.4 is 15.4 Å². The number of halogens is 1. The summed E-state index contributed by atoms with van der Waals surface area (Å²) in [5.41, 5.74) is 0.787. The van der Waals surface area contributed by atoms with Crippen molar-refractivity contribution >= 4 is 21.8 Å². The van der Waals surface area contributed by atoms with Crippen molar-refractivity contribution in [1.82, 2.24) is 15.5 Å². The molecule has 1 aromatic rings. The predicted octanol–water partition coefficient (Wildman–Crippen LogP) is 2.78. The van der Waals surface area contributed by atoms with E-state index in [1.807, 2.05) is 39.0 Å². The van der Waals surface area contributed by atoms with Gasteiger partial charge in [0.15, 0.2) is 6.61 Å². The van der Waals surface area contributed by atoms with E-state index >= 15 is 0 Å². The highest BCUT2D eigenvalue weighted by Crippen LogP contribution is 2.23. The molecule has 136 valence electrons. The molecule has 0 saturated heterocycles. The molecule has 0 atom stereocenters. The minimum Gasteiger partial charge on any atom is -0.483 e. The number of nitrogens with one attached hydrogen (secondary N) is 2. The van der Waals surface area contributed by atoms with Crippen molar-refractivity contribution in [2.75, 3.05) is 33.8 Å². The summed E-state index contributed by atoms with van der Waals surface area (Å²) in [5, 5.41) is 6.32. The van der Waals surface area contributed by atoms with E-state index < -0.39 is 0 Å². The second kappa shape index (κ2) is 10.0. The third-order valence-corrected chi connectivity index (χ3v) is 3.66. The molecule has 1 amide bonds. The second-order valence-electron chi connectivity index (χ2n) is 7.17. The molecule has 0 fully saturated rings. The lowest BCUT2D eigenvalue weighted by atomic mass is 10.1. The normalized spacial score (nSPS) is 11.6. The molecule has 0 unspecified atom stereocenters. The average Bonchev–Trinajstić information content (AvgIpc) is 2.43. The summed E-state index contributed by atoms with van der Waals surface area (Å²) in [6.45, 7) is 8.58. The van der Waals surface area contributed by atoms with Gasteiger partial charge in [-0.25, -0.2) is 0 Å². The molecule has 0 spiro atoms. The standard InChI is InChI=1S/C18H30BrN3O2/c1-18(2,3)21-17(23)13-24-16-8-7-15(19)11-14(16)12-20-9-6-10-22(4)5/h7-8,11,20H,6,9-10,12-13H2,1-5H3,(H,21,23). The van der Waals surface area contributed by atoms with Gasteiger partial charge < -0.3 is 20.3 Å². The van der Waals surface area contributed by atoms with Crippen molar-refractivity contribution in [2.45, 2.75) is 39.3 Å². The van der Waals surface area contributed by atoms with Gasteiger partial charge in [0.2, 0.25) is 0 Å². The molecule has 0 aliphatic rings. The molecule has 0 aliphatic heterocycles. The summed E-state index contributed by atoms with van der Waals surface area (Å²) in [6, 6.07) is 5.84. The molecule has 24 heavy (non-hydrogen) atoms. The monoisotopic (exact) mass is 399 g/mol. The fourth-order valence-corrected chi connectivity index (χ4v) is 2.58. The summed E-state index contributed by atoms with van der Waals surface area (Å²) in [7, 11) is 4.14. The quantitative estimate of drug-likeness (QED) is 0.626. The summed E-state index contributed by atoms with van der Waals surface area (Å²) in [6.07, 6.45) is 1.09. The number of benzene rings is 1. The zero-order valence-electron chi connectivity index (χ0n) is 15.4. The highest BCUT2D eigenvalue weighted by atomic mass is 79.9. The lowest BCUT2D eigenvalue weighted by Gasteiger charge is -2.21. The molecule has 0 saturated carbocycles. The topological polar surface area (TPSA) is 53.6 Å². The van der Waals surface area contributed by atoms with E-state index in [0.29, 0.717) is 6.54 Å². The Hall–Kier alpha value is -1.11. The molecule has 5 nitrogen and oxygen atoms in total. The van der Waals surface area contributed by atoms with Gasteiger partial charge in [-0.3, -0.25) is 4.79 Å². The largest absolute Gasteiger partial charge is 0.483 e. The smallest absolute Gasteiger partial charge is 0.258 e. The molecule has 0 heterocycles. The molecule has 0 aliphatic carbocycles. The number of rotatable bonds is 9. The van der Waals surface area contributed by atoms with Crippen molar-refractivity contribution < 1.29 is 9.53 Å². The van der Waals surface area contributed by atoms with Crippen molar-refractivity contribution in [1.29, 1.82) is 0 Å². The van der Waals surface area contributed by atoms with Crippen LogP contribution in [-0.2, 0) is 11.3 Å². The van der Waals surface area contributed by atoms with E-state index in [1.54, 1.807) is 0 Å². The lowest BCUT2D eigenvalue weighted by Crippen LogP contribution is -2.43. The van der Waals surface area contributed by atoms with Gasteiger partial charge in [0.05, 0.1) is 0 Å². The molecule has 1 aromatic carbocycles. The van der Waals surface area contributed by atoms with Crippen LogP contribution >= 0.6 is 15.9 Å². The van der Waals surface area contributed by atoms with Gasteiger partial charge in [-0.1, -0.05) is 15.9 Å². The minimum absolute atomic E-state index is 0.0204. The maximum atomic E-state index is 11.9. The Bertz CT molecular complexity index is 527. The second-order valence-corrected chi connectivity index (χ2v) is 8.09. The highest BCUT2D eigenvalue weighted by molar-refractivity contribution is 9.10. The van der Waals surface area contributed by atoms with E-state index in [2.05, 4.69) is 45.6 Å². The number of hydrogen-bond acceptors (Lipinski definition) is 4. The van der Waals surface area contributed by atoms with Crippen molar-refractivity contribution in [3.63, 3.8) is 0 Å². The van der Waals surface area contributed by atoms with E-state index in [1.165, 1.54) is 0 Å². The van der Waals surface area contributed by atoms with Crippen molar-refractivity contribution in [3.05, 3.63) is 28.2 Å². The Balaban J connectivity index is 2.53. The summed E-state index contributed by atoms with van der Waals surface area (Å²) < 4.78 is 6.71. The molecule has 0 aromatic heterocycles. The first-order chi connectivity index (χ1) is 11.2. The molecule has 2 N–H and O–H groups in total. The van der Waals surface area contributed by atoms with Crippen molar-refractivity contribution in [2.24, 2.45) is 0 Å². The highest BCUT2D eigenvalue weighted by Gasteiger charge is 2.14. The molecule has 0 radical (unpaired) electrons. The fourth-order valence-electron chi connectivity index (χ4n) is 2.17. The first-order valence-electron chi connectivity index (χ1n) is 8.25. The summed E-state index contributed by atoms with van der Waals surface area (Å²) >= 11 is 3.49. The Morgan fingerprint density at radius 3 is 2.62 bits per heavy atom. The van der Waals surface area contributed by atoms with Crippen LogP contribution in [0.25, 0.3) is 0 Å². The Morgan fingerprint density at radius 2 is 2.00 bits per heavy atom. The first kappa shape index (κ1) is 20.9. The van der Waals surface area contributed by atoms with E-state index in [-0.39, 0.29) is 18.1 Å².